The summed E-state index contributed by atoms with van der Waals surface area (Å²) in [5, 5.41) is 10.2. The summed E-state index contributed by atoms with van der Waals surface area (Å²) in [4.78, 5) is 0. The predicted octanol–water partition coefficient (Wildman–Crippen LogP) is 1.15. The summed E-state index contributed by atoms with van der Waals surface area (Å²) in [7, 11) is 0. The Bertz CT molecular complexity index is 475. The minimum absolute atomic E-state index is 0.724. The molecule has 0 fully saturated rings. The number of hydrogen-bond acceptors (Lipinski definition) is 3. The van der Waals surface area contributed by atoms with Crippen molar-refractivity contribution in [1.29, 1.82) is 0 Å². The van der Waals surface area contributed by atoms with E-state index in [9.17, 15) is 0 Å². The molecule has 0 aliphatic carbocycles. The van der Waals surface area contributed by atoms with E-state index in [0.29, 0.717) is 0 Å². The number of furan rings is 1. The molecular formula is C8H8BrN4O+. The number of nitrogens with zero attached hydrogens (tertiary/aromatic N) is 2. The largest absolute Gasteiger partial charge is 0.444 e. The lowest BCUT2D eigenvalue weighted by Gasteiger charge is -1.91. The van der Waals surface area contributed by atoms with Crippen LogP contribution in [0.4, 0.5) is 5.95 Å². The third kappa shape index (κ3) is 1.07. The molecule has 0 unspecified atom stereocenters. The van der Waals surface area contributed by atoms with Gasteiger partial charge in [-0.2, -0.15) is 0 Å². The van der Waals surface area contributed by atoms with Gasteiger partial charge < -0.3 is 4.42 Å². The van der Waals surface area contributed by atoms with Gasteiger partial charge in [-0.05, 0) is 28.1 Å². The van der Waals surface area contributed by atoms with Crippen LogP contribution in [0.1, 0.15) is 0 Å². The number of aromatic amines is 1. The smallest absolute Gasteiger partial charge is 0.378 e. The molecule has 3 rings (SSSR count). The zero-order valence-corrected chi connectivity index (χ0v) is 8.84. The molecule has 0 saturated heterocycles. The first-order valence-corrected chi connectivity index (χ1v) is 5.12. The van der Waals surface area contributed by atoms with E-state index in [1.54, 1.807) is 0 Å². The van der Waals surface area contributed by atoms with E-state index < -0.39 is 0 Å². The zero-order chi connectivity index (χ0) is 9.54. The van der Waals surface area contributed by atoms with Crippen molar-refractivity contribution in [3.63, 3.8) is 0 Å². The van der Waals surface area contributed by atoms with Crippen molar-refractivity contribution < 1.29 is 8.98 Å². The lowest BCUT2D eigenvalue weighted by atomic mass is 10.4. The minimum Gasteiger partial charge on any atom is -0.444 e. The summed E-state index contributed by atoms with van der Waals surface area (Å²) in [5.74, 6) is 2.56. The SMILES string of the molecule is Brc1ccc(-c2[nH]nc3[n+]2CCN3)o1. The molecule has 1 aliphatic rings. The Kier molecular flexibility index (Phi) is 1.63. The van der Waals surface area contributed by atoms with E-state index in [2.05, 4.69) is 36.0 Å². The molecule has 3 heterocycles. The van der Waals surface area contributed by atoms with Crippen LogP contribution in [0.25, 0.3) is 11.6 Å². The second-order valence-corrected chi connectivity index (χ2v) is 3.86. The Morgan fingerprint density at radius 3 is 3.21 bits per heavy atom. The third-order valence-corrected chi connectivity index (χ3v) is 2.64. The van der Waals surface area contributed by atoms with Gasteiger partial charge in [0.25, 0.3) is 5.82 Å². The molecule has 1 aliphatic heterocycles. The lowest BCUT2D eigenvalue weighted by Crippen LogP contribution is -2.31. The highest BCUT2D eigenvalue weighted by Gasteiger charge is 2.26. The van der Waals surface area contributed by atoms with Gasteiger partial charge in [0.1, 0.15) is 0 Å². The van der Waals surface area contributed by atoms with Gasteiger partial charge in [-0.1, -0.05) is 0 Å². The van der Waals surface area contributed by atoms with Crippen molar-refractivity contribution in [3.8, 4) is 11.6 Å². The maximum Gasteiger partial charge on any atom is 0.378 e. The molecule has 2 aromatic rings. The summed E-state index contributed by atoms with van der Waals surface area (Å²) in [6, 6.07) is 3.77. The molecule has 0 radical (unpaired) electrons. The fraction of sp³-hybridized carbons (Fsp3) is 0.250. The van der Waals surface area contributed by atoms with Gasteiger partial charge >= 0.3 is 5.95 Å². The second-order valence-electron chi connectivity index (χ2n) is 3.08. The molecule has 0 aromatic carbocycles. The van der Waals surface area contributed by atoms with Gasteiger partial charge in [-0.25, -0.2) is 4.57 Å². The molecule has 0 bridgehead atoms. The van der Waals surface area contributed by atoms with Crippen molar-refractivity contribution in [2.75, 3.05) is 11.9 Å². The predicted molar refractivity (Wildman–Crippen MR) is 52.7 cm³/mol. The highest BCUT2D eigenvalue weighted by Crippen LogP contribution is 2.22. The highest BCUT2D eigenvalue weighted by atomic mass is 79.9. The van der Waals surface area contributed by atoms with Crippen molar-refractivity contribution in [3.05, 3.63) is 16.8 Å². The third-order valence-electron chi connectivity index (χ3n) is 2.22. The van der Waals surface area contributed by atoms with Crippen LogP contribution in [-0.4, -0.2) is 16.7 Å². The van der Waals surface area contributed by atoms with E-state index in [-0.39, 0.29) is 0 Å². The van der Waals surface area contributed by atoms with E-state index >= 15 is 0 Å². The standard InChI is InChI=1S/C8H7BrN4O/c9-6-2-1-5(14-6)7-11-12-8-10-3-4-13(7)8/h1-2H,3-4H2,(H,10,12)/p+1. The molecule has 14 heavy (non-hydrogen) atoms. The van der Waals surface area contributed by atoms with Gasteiger partial charge in [0.05, 0.1) is 13.1 Å². The molecule has 2 aromatic heterocycles. The molecule has 0 atom stereocenters. The number of anilines is 1. The lowest BCUT2D eigenvalue weighted by molar-refractivity contribution is -0.660. The minimum atomic E-state index is 0.724. The first kappa shape index (κ1) is 8.05. The van der Waals surface area contributed by atoms with Crippen LogP contribution in [0.3, 0.4) is 0 Å². The monoisotopic (exact) mass is 255 g/mol. The number of rotatable bonds is 1. The Morgan fingerprint density at radius 2 is 2.43 bits per heavy atom. The first-order valence-electron chi connectivity index (χ1n) is 4.32. The van der Waals surface area contributed by atoms with Gasteiger partial charge in [0, 0.05) is 5.10 Å². The summed E-state index contributed by atoms with van der Waals surface area (Å²) in [5.41, 5.74) is 0. The zero-order valence-electron chi connectivity index (χ0n) is 7.25. The molecule has 6 heteroatoms. The number of fused-ring (bicyclic) bond motifs is 1. The average Bonchev–Trinajstić information content (AvgIpc) is 2.77. The topological polar surface area (TPSA) is 57.7 Å². The number of nitrogens with one attached hydrogen (secondary N) is 2. The normalized spacial score (nSPS) is 14.1. The van der Waals surface area contributed by atoms with Crippen molar-refractivity contribution in [2.24, 2.45) is 0 Å². The van der Waals surface area contributed by atoms with Gasteiger partial charge in [0.15, 0.2) is 10.4 Å². The van der Waals surface area contributed by atoms with Crippen LogP contribution >= 0.6 is 15.9 Å². The van der Waals surface area contributed by atoms with E-state index in [1.165, 1.54) is 0 Å². The molecule has 0 spiro atoms. The quantitative estimate of drug-likeness (QED) is 0.752. The Morgan fingerprint density at radius 1 is 1.50 bits per heavy atom. The first-order chi connectivity index (χ1) is 6.84. The Labute approximate surface area is 88.3 Å². The fourth-order valence-electron chi connectivity index (χ4n) is 1.59. The Balaban J connectivity index is 2.12. The Hall–Kier alpha value is -1.30. The summed E-state index contributed by atoms with van der Waals surface area (Å²) < 4.78 is 8.24. The van der Waals surface area contributed by atoms with Crippen LogP contribution in [0, 0.1) is 0 Å². The van der Waals surface area contributed by atoms with Crippen molar-refractivity contribution >= 4 is 21.9 Å². The molecule has 5 nitrogen and oxygen atoms in total. The van der Waals surface area contributed by atoms with Crippen LogP contribution in [0.5, 0.6) is 0 Å². The number of hydrogen-bond donors (Lipinski definition) is 2. The maximum atomic E-state index is 5.45. The maximum absolute atomic E-state index is 5.45. The molecule has 0 amide bonds. The number of H-pyrrole nitrogens is 1. The molecular weight excluding hydrogens is 248 g/mol. The molecule has 2 N–H and O–H groups in total. The van der Waals surface area contributed by atoms with E-state index in [0.717, 1.165) is 35.3 Å². The average molecular weight is 256 g/mol. The fourth-order valence-corrected chi connectivity index (χ4v) is 1.90. The van der Waals surface area contributed by atoms with Crippen molar-refractivity contribution in [2.45, 2.75) is 6.54 Å². The van der Waals surface area contributed by atoms with Gasteiger partial charge in [-0.15, -0.1) is 5.10 Å². The van der Waals surface area contributed by atoms with Crippen molar-refractivity contribution in [1.82, 2.24) is 10.2 Å². The summed E-state index contributed by atoms with van der Waals surface area (Å²) >= 11 is 3.27. The van der Waals surface area contributed by atoms with E-state index in [1.807, 2.05) is 12.1 Å². The molecule has 72 valence electrons. The summed E-state index contributed by atoms with van der Waals surface area (Å²) in [6.45, 7) is 1.84. The van der Waals surface area contributed by atoms with Gasteiger partial charge in [-0.3, -0.25) is 5.32 Å². The van der Waals surface area contributed by atoms with Crippen LogP contribution in [-0.2, 0) is 6.54 Å². The van der Waals surface area contributed by atoms with Crippen LogP contribution in [0.15, 0.2) is 21.2 Å². The number of halogens is 1. The number of aromatic nitrogens is 3. The van der Waals surface area contributed by atoms with Crippen LogP contribution in [0.2, 0.25) is 0 Å². The highest BCUT2D eigenvalue weighted by molar-refractivity contribution is 9.10. The van der Waals surface area contributed by atoms with Crippen LogP contribution < -0.4 is 9.88 Å². The van der Waals surface area contributed by atoms with Gasteiger partial charge in [0.2, 0.25) is 0 Å². The molecule has 0 saturated carbocycles. The summed E-state index contributed by atoms with van der Waals surface area (Å²) in [6.07, 6.45) is 0. The van der Waals surface area contributed by atoms with E-state index in [4.69, 9.17) is 4.42 Å². The second kappa shape index (κ2) is 2.84.